The van der Waals surface area contributed by atoms with E-state index in [0.29, 0.717) is 0 Å². The van der Waals surface area contributed by atoms with Gasteiger partial charge >= 0.3 is 0 Å². The number of fused-ring (bicyclic) bond motifs is 1. The highest BCUT2D eigenvalue weighted by atomic mass is 35.5. The van der Waals surface area contributed by atoms with Gasteiger partial charge in [0.15, 0.2) is 6.20 Å². The minimum absolute atomic E-state index is 0.231. The molecule has 0 amide bonds. The van der Waals surface area contributed by atoms with Crippen molar-refractivity contribution in [3.63, 3.8) is 0 Å². The van der Waals surface area contributed by atoms with Gasteiger partial charge in [-0.15, -0.1) is 0 Å². The minimum Gasteiger partial charge on any atom is -0.372 e. The van der Waals surface area contributed by atoms with Crippen molar-refractivity contribution in [1.82, 2.24) is 4.90 Å². The Hall–Kier alpha value is -3.41. The lowest BCUT2D eigenvalue weighted by molar-refractivity contribution is -0.422. The summed E-state index contributed by atoms with van der Waals surface area (Å²) >= 11 is 7.14. The minimum atomic E-state index is 0.231. The summed E-state index contributed by atoms with van der Waals surface area (Å²) in [5.74, 6) is 0. The topological polar surface area (TPSA) is 36.1 Å². The second-order valence-corrected chi connectivity index (χ2v) is 12.1. The van der Waals surface area contributed by atoms with Crippen LogP contribution < -0.4 is 25.4 Å². The number of halogens is 1. The number of benzene rings is 3. The van der Waals surface area contributed by atoms with E-state index >= 15 is 0 Å². The van der Waals surface area contributed by atoms with Gasteiger partial charge < -0.3 is 14.7 Å². The predicted molar refractivity (Wildman–Crippen MR) is 195 cm³/mol. The van der Waals surface area contributed by atoms with Gasteiger partial charge in [0.1, 0.15) is 0 Å². The Bertz CT molecular complexity index is 1500. The zero-order chi connectivity index (χ0) is 32.3. The van der Waals surface area contributed by atoms with Crippen molar-refractivity contribution in [2.45, 2.75) is 67.3 Å². The number of rotatable bonds is 15. The van der Waals surface area contributed by atoms with Crippen LogP contribution in [0.5, 0.6) is 0 Å². The van der Waals surface area contributed by atoms with Crippen molar-refractivity contribution in [2.75, 3.05) is 55.6 Å². The molecule has 0 aromatic heterocycles. The van der Waals surface area contributed by atoms with E-state index in [1.165, 1.54) is 11.4 Å². The third kappa shape index (κ3) is 8.25. The maximum Gasteiger partial charge on any atom is 0.222 e. The number of hydrogen-bond donors (Lipinski definition) is 1. The first-order valence-corrected chi connectivity index (χ1v) is 17.4. The molecule has 1 heterocycles. The summed E-state index contributed by atoms with van der Waals surface area (Å²) in [6.45, 7) is 22.7. The molecule has 1 unspecified atom stereocenters. The standard InChI is InChI=1S/C39H52ClN5/c1-8-43(9-2)28-14-15-29(7)42-36-26-27-41-39-34(36)24-25-35(40)38(39)37(30-16-20-32(21-17-30)44(10-3)11-4)31-18-22-33(23-19-31)45(12-5)13-6/h16-27,29H,8-15,28H2,1-7H3/p+1. The Balaban J connectivity index is 1.87. The van der Waals surface area contributed by atoms with Gasteiger partial charge in [-0.3, -0.25) is 4.99 Å². The van der Waals surface area contributed by atoms with Gasteiger partial charge in [-0.1, -0.05) is 49.7 Å². The van der Waals surface area contributed by atoms with Crippen LogP contribution in [-0.2, 0) is 0 Å². The normalized spacial score (nSPS) is 13.9. The molecule has 0 fully saturated rings. The summed E-state index contributed by atoms with van der Waals surface area (Å²) < 4.78 is 0. The predicted octanol–water partition coefficient (Wildman–Crippen LogP) is 5.81. The SMILES string of the molecule is CCN(CC)CCCC(C)N=C1C=C[NH+]=c2c1ccc(Cl)c2=C(c1ccc(N(CC)CC)cc1)c1ccc(N(CC)CC)cc1. The van der Waals surface area contributed by atoms with Crippen LogP contribution in [0.1, 0.15) is 78.0 Å². The van der Waals surface area contributed by atoms with Gasteiger partial charge in [0.05, 0.1) is 21.5 Å². The average molecular weight is 627 g/mol. The summed E-state index contributed by atoms with van der Waals surface area (Å²) in [4.78, 5) is 16.0. The third-order valence-electron chi connectivity index (χ3n) is 9.07. The lowest BCUT2D eigenvalue weighted by Crippen LogP contribution is -2.77. The highest BCUT2D eigenvalue weighted by Gasteiger charge is 2.20. The van der Waals surface area contributed by atoms with Gasteiger partial charge in [0.25, 0.3) is 0 Å². The maximum absolute atomic E-state index is 7.14. The average Bonchev–Trinajstić information content (AvgIpc) is 3.06. The summed E-state index contributed by atoms with van der Waals surface area (Å²) in [6, 6.07) is 22.3. The highest BCUT2D eigenvalue weighted by Crippen LogP contribution is 2.27. The van der Waals surface area contributed by atoms with E-state index in [4.69, 9.17) is 16.6 Å². The number of allylic oxidation sites excluding steroid dienone is 1. The van der Waals surface area contributed by atoms with Crippen LogP contribution in [-0.4, -0.2) is 62.5 Å². The van der Waals surface area contributed by atoms with Crippen LogP contribution >= 0.6 is 11.6 Å². The molecule has 0 bridgehead atoms. The first-order valence-electron chi connectivity index (χ1n) is 17.0. The van der Waals surface area contributed by atoms with E-state index in [0.717, 1.165) is 102 Å². The molecule has 3 aromatic carbocycles. The lowest BCUT2D eigenvalue weighted by Gasteiger charge is -2.22. The Kier molecular flexibility index (Phi) is 12.8. The number of hydrogen-bond acceptors (Lipinski definition) is 4. The molecule has 1 atom stereocenters. The molecule has 1 aliphatic heterocycles. The van der Waals surface area contributed by atoms with E-state index in [-0.39, 0.29) is 6.04 Å². The van der Waals surface area contributed by atoms with E-state index in [2.05, 4.69) is 129 Å². The van der Waals surface area contributed by atoms with E-state index < -0.39 is 0 Å². The van der Waals surface area contributed by atoms with Crippen molar-refractivity contribution in [3.8, 4) is 0 Å². The molecule has 240 valence electrons. The molecule has 1 N–H and O–H groups in total. The number of aliphatic imine (C=N–C) groups is 1. The quantitative estimate of drug-likeness (QED) is 0.231. The Labute approximate surface area is 276 Å². The third-order valence-corrected chi connectivity index (χ3v) is 9.38. The van der Waals surface area contributed by atoms with Crippen LogP contribution in [0.2, 0.25) is 5.02 Å². The van der Waals surface area contributed by atoms with Crippen LogP contribution in [0.3, 0.4) is 0 Å². The molecule has 3 aromatic rings. The number of nitrogens with zero attached hydrogens (tertiary/aromatic N) is 4. The molecule has 0 saturated carbocycles. The van der Waals surface area contributed by atoms with Crippen LogP contribution in [0, 0.1) is 0 Å². The van der Waals surface area contributed by atoms with Crippen LogP contribution in [0.4, 0.5) is 11.4 Å². The van der Waals surface area contributed by atoms with Crippen molar-refractivity contribution in [2.24, 2.45) is 4.99 Å². The molecular weight excluding hydrogens is 574 g/mol. The summed E-state index contributed by atoms with van der Waals surface area (Å²) in [5, 5.41) is 2.74. The first-order chi connectivity index (χ1) is 21.9. The zero-order valence-electron chi connectivity index (χ0n) is 28.5. The molecule has 0 spiro atoms. The highest BCUT2D eigenvalue weighted by molar-refractivity contribution is 6.31. The molecule has 0 radical (unpaired) electrons. The number of nitrogens with one attached hydrogen (secondary N) is 1. The monoisotopic (exact) mass is 626 g/mol. The van der Waals surface area contributed by atoms with Crippen molar-refractivity contribution >= 4 is 34.3 Å². The van der Waals surface area contributed by atoms with Gasteiger partial charge in [-0.25, -0.2) is 4.99 Å². The van der Waals surface area contributed by atoms with Crippen LogP contribution in [0.25, 0.3) is 5.57 Å². The molecule has 0 aliphatic carbocycles. The molecule has 6 heteroatoms. The molecular formula is C39H53ClN5+. The van der Waals surface area contributed by atoms with Crippen molar-refractivity contribution in [1.29, 1.82) is 0 Å². The summed E-state index contributed by atoms with van der Waals surface area (Å²) in [7, 11) is 0. The van der Waals surface area contributed by atoms with E-state index in [1.54, 1.807) is 0 Å². The second kappa shape index (κ2) is 16.8. The second-order valence-electron chi connectivity index (χ2n) is 11.7. The van der Waals surface area contributed by atoms with Gasteiger partial charge in [0, 0.05) is 55.2 Å². The fraction of sp³-hybridized carbons (Fsp3) is 0.436. The Morgan fingerprint density at radius 1 is 0.733 bits per heavy atom. The van der Waals surface area contributed by atoms with Crippen LogP contribution in [0.15, 0.2) is 77.9 Å². The van der Waals surface area contributed by atoms with Crippen molar-refractivity contribution < 1.29 is 4.99 Å². The molecule has 0 saturated heterocycles. The van der Waals surface area contributed by atoms with Gasteiger partial charge in [-0.2, -0.15) is 0 Å². The molecule has 45 heavy (non-hydrogen) atoms. The Morgan fingerprint density at radius 2 is 1.27 bits per heavy atom. The van der Waals surface area contributed by atoms with Gasteiger partial charge in [-0.05, 0) is 115 Å². The van der Waals surface area contributed by atoms with Crippen molar-refractivity contribution in [3.05, 3.63) is 105 Å². The maximum atomic E-state index is 7.14. The first kappa shape index (κ1) is 34.5. The summed E-state index contributed by atoms with van der Waals surface area (Å²) in [6.07, 6.45) is 6.31. The number of anilines is 2. The lowest BCUT2D eigenvalue weighted by atomic mass is 9.93. The zero-order valence-corrected chi connectivity index (χ0v) is 29.3. The fourth-order valence-electron chi connectivity index (χ4n) is 6.35. The summed E-state index contributed by atoms with van der Waals surface area (Å²) in [5.41, 5.74) is 7.93. The van der Waals surface area contributed by atoms with E-state index in [9.17, 15) is 0 Å². The molecule has 4 rings (SSSR count). The molecule has 1 aliphatic rings. The smallest absolute Gasteiger partial charge is 0.222 e. The largest absolute Gasteiger partial charge is 0.372 e. The molecule has 5 nitrogen and oxygen atoms in total. The van der Waals surface area contributed by atoms with E-state index in [1.807, 2.05) is 12.3 Å². The van der Waals surface area contributed by atoms with Gasteiger partial charge in [0.2, 0.25) is 5.36 Å². The fourth-order valence-corrected chi connectivity index (χ4v) is 6.61. The Morgan fingerprint density at radius 3 is 1.76 bits per heavy atom.